The maximum Gasteiger partial charge on any atom is 0.265 e. The van der Waals surface area contributed by atoms with E-state index in [4.69, 9.17) is 32.8 Å². The molecule has 1 aromatic carbocycles. The molecule has 2 N–H and O–H groups in total. The van der Waals surface area contributed by atoms with Crippen molar-refractivity contribution in [2.45, 2.75) is 24.3 Å². The molecule has 0 aliphatic rings. The Morgan fingerprint density at radius 1 is 1.53 bits per heavy atom. The van der Waals surface area contributed by atoms with Crippen LogP contribution in [-0.2, 0) is 13.8 Å². The van der Waals surface area contributed by atoms with Gasteiger partial charge in [0.15, 0.2) is 11.9 Å². The van der Waals surface area contributed by atoms with Gasteiger partial charge in [-0.05, 0) is 18.6 Å². The number of halogens is 3. The minimum Gasteiger partial charge on any atom is -0.478 e. The first-order chi connectivity index (χ1) is 8.66. The first kappa shape index (κ1) is 16.6. The van der Waals surface area contributed by atoms with E-state index in [-0.39, 0.29) is 22.1 Å². The van der Waals surface area contributed by atoms with Gasteiger partial charge in [-0.25, -0.2) is 8.42 Å². The van der Waals surface area contributed by atoms with Gasteiger partial charge in [0.2, 0.25) is 0 Å². The van der Waals surface area contributed by atoms with E-state index in [9.17, 15) is 13.2 Å². The summed E-state index contributed by atoms with van der Waals surface area (Å²) >= 11 is 9.01. The fraction of sp³-hybridized carbons (Fsp3) is 0.300. The molecule has 1 aromatic rings. The van der Waals surface area contributed by atoms with Crippen LogP contribution < -0.4 is 10.5 Å². The largest absolute Gasteiger partial charge is 0.478 e. The summed E-state index contributed by atoms with van der Waals surface area (Å²) in [5.41, 5.74) is 5.14. The second kappa shape index (κ2) is 6.30. The number of amides is 1. The monoisotopic (exact) mass is 389 g/mol. The highest BCUT2D eigenvalue weighted by Crippen LogP contribution is 2.37. The minimum atomic E-state index is -4.08. The smallest absolute Gasteiger partial charge is 0.265 e. The molecule has 0 heterocycles. The highest BCUT2D eigenvalue weighted by molar-refractivity contribution is 9.10. The third kappa shape index (κ3) is 4.24. The van der Waals surface area contributed by atoms with Gasteiger partial charge < -0.3 is 10.5 Å². The number of primary amides is 1. The molecular weight excluding hydrogens is 381 g/mol. The van der Waals surface area contributed by atoms with Crippen molar-refractivity contribution in [1.82, 2.24) is 0 Å². The van der Waals surface area contributed by atoms with Gasteiger partial charge in [-0.15, -0.1) is 0 Å². The molecule has 0 saturated carbocycles. The van der Waals surface area contributed by atoms with Gasteiger partial charge in [-0.1, -0.05) is 34.5 Å². The van der Waals surface area contributed by atoms with Gasteiger partial charge in [0, 0.05) is 15.2 Å². The first-order valence-electron chi connectivity index (χ1n) is 5.06. The van der Waals surface area contributed by atoms with Crippen LogP contribution in [0.3, 0.4) is 0 Å². The third-order valence-corrected chi connectivity index (χ3v) is 4.25. The predicted molar refractivity (Wildman–Crippen MR) is 76.1 cm³/mol. The lowest BCUT2D eigenvalue weighted by atomic mass is 10.2. The average Bonchev–Trinajstić information content (AvgIpc) is 2.25. The van der Waals surface area contributed by atoms with Crippen molar-refractivity contribution in [3.8, 4) is 5.75 Å². The summed E-state index contributed by atoms with van der Waals surface area (Å²) in [6.45, 7) is 1.66. The molecule has 5 nitrogen and oxygen atoms in total. The molecule has 1 atom stereocenters. The van der Waals surface area contributed by atoms with Crippen molar-refractivity contribution in [2.24, 2.45) is 5.73 Å². The molecule has 0 spiro atoms. The van der Waals surface area contributed by atoms with Crippen molar-refractivity contribution in [3.05, 3.63) is 21.6 Å². The van der Waals surface area contributed by atoms with Gasteiger partial charge in [0.25, 0.3) is 15.0 Å². The van der Waals surface area contributed by atoms with E-state index in [2.05, 4.69) is 15.9 Å². The van der Waals surface area contributed by atoms with Crippen LogP contribution in [0.4, 0.5) is 0 Å². The summed E-state index contributed by atoms with van der Waals surface area (Å²) in [7, 11) is 1.23. The molecule has 0 radical (unpaired) electrons. The lowest BCUT2D eigenvalue weighted by Gasteiger charge is -2.17. The topological polar surface area (TPSA) is 86.5 Å². The number of hydrogen-bond acceptors (Lipinski definition) is 4. The van der Waals surface area contributed by atoms with E-state index in [1.807, 2.05) is 0 Å². The SMILES string of the molecule is CCC(Oc1c(Cl)cc(Br)cc1S(=O)(=O)Cl)C(N)=O. The number of ether oxygens (including phenoxy) is 1. The summed E-state index contributed by atoms with van der Waals surface area (Å²) in [6, 6.07) is 2.66. The molecule has 106 valence electrons. The highest BCUT2D eigenvalue weighted by atomic mass is 79.9. The Bertz CT molecular complexity index is 606. The Labute approximate surface area is 128 Å². The average molecular weight is 391 g/mol. The summed E-state index contributed by atoms with van der Waals surface area (Å²) in [4.78, 5) is 10.8. The molecule has 1 unspecified atom stereocenters. The first-order valence-corrected chi connectivity index (χ1v) is 8.54. The van der Waals surface area contributed by atoms with Crippen molar-refractivity contribution < 1.29 is 17.9 Å². The number of carbonyl (C=O) groups is 1. The van der Waals surface area contributed by atoms with Crippen LogP contribution in [-0.4, -0.2) is 20.4 Å². The fourth-order valence-electron chi connectivity index (χ4n) is 1.32. The van der Waals surface area contributed by atoms with E-state index >= 15 is 0 Å². The zero-order valence-corrected chi connectivity index (χ0v) is 13.6. The minimum absolute atomic E-state index is 0.00769. The van der Waals surface area contributed by atoms with E-state index < -0.39 is 21.1 Å². The molecule has 19 heavy (non-hydrogen) atoms. The number of benzene rings is 1. The molecule has 0 fully saturated rings. The molecule has 0 aliphatic heterocycles. The summed E-state index contributed by atoms with van der Waals surface area (Å²) in [5, 5.41) is 0.00769. The summed E-state index contributed by atoms with van der Waals surface area (Å²) in [6.07, 6.45) is -0.723. The summed E-state index contributed by atoms with van der Waals surface area (Å²) in [5.74, 6) is -0.912. The maximum absolute atomic E-state index is 11.5. The Hall–Kier alpha value is -0.500. The fourth-order valence-corrected chi connectivity index (χ4v) is 3.37. The number of hydrogen-bond donors (Lipinski definition) is 1. The van der Waals surface area contributed by atoms with E-state index in [0.717, 1.165) is 0 Å². The highest BCUT2D eigenvalue weighted by Gasteiger charge is 2.25. The van der Waals surface area contributed by atoms with Crippen LogP contribution in [0.15, 0.2) is 21.5 Å². The van der Waals surface area contributed by atoms with E-state index in [1.165, 1.54) is 12.1 Å². The Morgan fingerprint density at radius 3 is 2.53 bits per heavy atom. The van der Waals surface area contributed by atoms with Gasteiger partial charge in [-0.3, -0.25) is 4.79 Å². The van der Waals surface area contributed by atoms with Gasteiger partial charge in [-0.2, -0.15) is 0 Å². The van der Waals surface area contributed by atoms with Crippen molar-refractivity contribution in [1.29, 1.82) is 0 Å². The standard InChI is InChI=1S/C10H10BrCl2NO4S/c1-2-7(10(14)15)18-9-6(12)3-5(11)4-8(9)19(13,16)17/h3-4,7H,2H2,1H3,(H2,14,15). The Balaban J connectivity index is 3.38. The molecule has 1 amide bonds. The predicted octanol–water partition coefficient (Wildman–Crippen LogP) is 2.67. The zero-order valence-electron chi connectivity index (χ0n) is 9.69. The van der Waals surface area contributed by atoms with Crippen LogP contribution in [0.1, 0.15) is 13.3 Å². The number of carbonyl (C=O) groups excluding carboxylic acids is 1. The van der Waals surface area contributed by atoms with E-state index in [0.29, 0.717) is 4.47 Å². The third-order valence-electron chi connectivity index (χ3n) is 2.19. The lowest BCUT2D eigenvalue weighted by molar-refractivity contribution is -0.124. The zero-order chi connectivity index (χ0) is 14.8. The van der Waals surface area contributed by atoms with Crippen LogP contribution in [0.25, 0.3) is 0 Å². The van der Waals surface area contributed by atoms with Crippen molar-refractivity contribution in [2.75, 3.05) is 0 Å². The molecule has 1 rings (SSSR count). The Kier molecular flexibility index (Phi) is 5.49. The summed E-state index contributed by atoms with van der Waals surface area (Å²) < 4.78 is 28.7. The maximum atomic E-state index is 11.5. The van der Waals surface area contributed by atoms with Crippen LogP contribution in [0.2, 0.25) is 5.02 Å². The quantitative estimate of drug-likeness (QED) is 0.783. The molecule has 0 aromatic heterocycles. The molecule has 0 saturated heterocycles. The van der Waals surface area contributed by atoms with E-state index in [1.54, 1.807) is 6.92 Å². The second-order valence-corrected chi connectivity index (χ2v) is 7.43. The number of nitrogens with two attached hydrogens (primary N) is 1. The number of rotatable bonds is 5. The normalized spacial score (nSPS) is 13.1. The molecular formula is C10H10BrCl2NO4S. The lowest BCUT2D eigenvalue weighted by Crippen LogP contribution is -2.33. The van der Waals surface area contributed by atoms with Gasteiger partial charge in [0.1, 0.15) is 4.90 Å². The van der Waals surface area contributed by atoms with Crippen LogP contribution in [0.5, 0.6) is 5.75 Å². The van der Waals surface area contributed by atoms with Gasteiger partial charge >= 0.3 is 0 Å². The van der Waals surface area contributed by atoms with Crippen LogP contribution >= 0.6 is 38.2 Å². The van der Waals surface area contributed by atoms with Gasteiger partial charge in [0.05, 0.1) is 5.02 Å². The second-order valence-electron chi connectivity index (χ2n) is 3.57. The Morgan fingerprint density at radius 2 is 2.11 bits per heavy atom. The molecule has 0 aliphatic carbocycles. The molecule has 9 heteroatoms. The van der Waals surface area contributed by atoms with Crippen molar-refractivity contribution >= 4 is 53.2 Å². The van der Waals surface area contributed by atoms with Crippen LogP contribution in [0, 0.1) is 0 Å². The van der Waals surface area contributed by atoms with Crippen molar-refractivity contribution in [3.63, 3.8) is 0 Å². The molecule has 0 bridgehead atoms.